The molecule has 1 aliphatic rings. The first-order valence-corrected chi connectivity index (χ1v) is 14.9. The van der Waals surface area contributed by atoms with Gasteiger partial charge in [-0.15, -0.1) is 0 Å². The highest BCUT2D eigenvalue weighted by atomic mass is 14.4. The first-order valence-electron chi connectivity index (χ1n) is 16.9. The van der Waals surface area contributed by atoms with E-state index in [4.69, 9.17) is 5.48 Å². The van der Waals surface area contributed by atoms with Gasteiger partial charge in [-0.25, -0.2) is 0 Å². The van der Waals surface area contributed by atoms with Crippen molar-refractivity contribution in [3.63, 3.8) is 0 Å². The van der Waals surface area contributed by atoms with Crippen LogP contribution in [0.15, 0.2) is 145 Å². The number of fused-ring (bicyclic) bond motifs is 9. The molecule has 43 heavy (non-hydrogen) atoms. The molecule has 8 aromatic carbocycles. The van der Waals surface area contributed by atoms with Crippen molar-refractivity contribution in [2.45, 2.75) is 19.3 Å². The summed E-state index contributed by atoms with van der Waals surface area (Å²) < 4.78 is 36.6. The second-order valence-corrected chi connectivity index (χ2v) is 12.3. The fourth-order valence-corrected chi connectivity index (χ4v) is 7.17. The molecule has 0 amide bonds. The molecule has 0 aromatic heterocycles. The zero-order chi connectivity index (χ0) is 32.2. The smallest absolute Gasteiger partial charge is 0.0616 e. The van der Waals surface area contributed by atoms with E-state index in [2.05, 4.69) is 105 Å². The van der Waals surface area contributed by atoms with Crippen LogP contribution in [-0.4, -0.2) is 0 Å². The third-order valence-corrected chi connectivity index (χ3v) is 9.47. The van der Waals surface area contributed by atoms with Gasteiger partial charge in [-0.2, -0.15) is 0 Å². The van der Waals surface area contributed by atoms with E-state index in [1.54, 1.807) is 0 Å². The van der Waals surface area contributed by atoms with Crippen LogP contribution in [0.1, 0.15) is 30.5 Å². The van der Waals surface area contributed by atoms with Gasteiger partial charge in [0.2, 0.25) is 0 Å². The summed E-state index contributed by atoms with van der Waals surface area (Å²) >= 11 is 0. The average molecular weight is 551 g/mol. The van der Waals surface area contributed by atoms with E-state index in [0.29, 0.717) is 22.3 Å². The van der Waals surface area contributed by atoms with E-state index in [1.165, 1.54) is 32.7 Å². The van der Waals surface area contributed by atoms with Crippen LogP contribution < -0.4 is 0 Å². The van der Waals surface area contributed by atoms with Crippen molar-refractivity contribution < 1.29 is 5.48 Å². The molecule has 0 saturated heterocycles. The summed E-state index contributed by atoms with van der Waals surface area (Å²) in [5.74, 6) is 0. The molecule has 0 aliphatic heterocycles. The molecular formula is C43H30. The topological polar surface area (TPSA) is 0 Å². The van der Waals surface area contributed by atoms with Gasteiger partial charge in [-0.1, -0.05) is 135 Å². The minimum absolute atomic E-state index is 0.0233. The van der Waals surface area contributed by atoms with Crippen molar-refractivity contribution >= 4 is 43.1 Å². The van der Waals surface area contributed by atoms with Crippen LogP contribution in [0.3, 0.4) is 0 Å². The van der Waals surface area contributed by atoms with Gasteiger partial charge in [0.25, 0.3) is 0 Å². The molecule has 0 N–H and O–H groups in total. The van der Waals surface area contributed by atoms with Crippen LogP contribution in [-0.2, 0) is 5.41 Å². The lowest BCUT2D eigenvalue weighted by Crippen LogP contribution is -2.15. The maximum atomic E-state index is 9.15. The van der Waals surface area contributed by atoms with Crippen molar-refractivity contribution in [3.05, 3.63) is 157 Å². The lowest BCUT2D eigenvalue weighted by molar-refractivity contribution is 0.661. The van der Waals surface area contributed by atoms with Crippen LogP contribution in [0.5, 0.6) is 0 Å². The van der Waals surface area contributed by atoms with E-state index < -0.39 is 0 Å². The van der Waals surface area contributed by atoms with E-state index in [9.17, 15) is 0 Å². The fourth-order valence-electron chi connectivity index (χ4n) is 7.17. The van der Waals surface area contributed by atoms with E-state index in [-0.39, 0.29) is 29.6 Å². The molecule has 0 nitrogen and oxygen atoms in total. The number of hydrogen-bond acceptors (Lipinski definition) is 0. The summed E-state index contributed by atoms with van der Waals surface area (Å²) in [5.41, 5.74) is 6.56. The molecular weight excluding hydrogens is 516 g/mol. The van der Waals surface area contributed by atoms with Crippen molar-refractivity contribution in [1.29, 1.82) is 0 Å². The summed E-state index contributed by atoms with van der Waals surface area (Å²) in [4.78, 5) is 0. The molecule has 0 atom stereocenters. The first-order chi connectivity index (χ1) is 22.7. The minimum atomic E-state index is -0.274. The standard InChI is InChI=1S/C43H30/c1-43(2)40-22-19-29-7-5-6-10-37(29)42(40)38-21-18-33(26-41(38)43)28-13-11-27(12-14-28)32-17-20-36-34(24-32)15-16-35-23-30-8-3-4-9-31(30)25-39(35)36/h3-26H,1-2H3/i11D,12D,13D,14D. The Hall–Kier alpha value is -5.20. The van der Waals surface area contributed by atoms with E-state index in [0.717, 1.165) is 32.7 Å². The van der Waals surface area contributed by atoms with Crippen molar-refractivity contribution in [1.82, 2.24) is 0 Å². The normalized spacial score (nSPS) is 14.8. The fraction of sp³-hybridized carbons (Fsp3) is 0.0698. The maximum Gasteiger partial charge on any atom is 0.0629 e. The van der Waals surface area contributed by atoms with Crippen LogP contribution in [0.25, 0.3) is 76.5 Å². The first kappa shape index (κ1) is 20.6. The van der Waals surface area contributed by atoms with Gasteiger partial charge in [-0.05, 0) is 112 Å². The highest BCUT2D eigenvalue weighted by molar-refractivity contribution is 6.12. The molecule has 0 heterocycles. The van der Waals surface area contributed by atoms with Gasteiger partial charge in [0, 0.05) is 5.41 Å². The Morgan fingerprint density at radius 2 is 1.02 bits per heavy atom. The highest BCUT2D eigenvalue weighted by Gasteiger charge is 2.36. The second-order valence-electron chi connectivity index (χ2n) is 12.3. The van der Waals surface area contributed by atoms with Gasteiger partial charge < -0.3 is 0 Å². The third-order valence-electron chi connectivity index (χ3n) is 9.47. The quantitative estimate of drug-likeness (QED) is 0.148. The molecule has 1 aliphatic carbocycles. The lowest BCUT2D eigenvalue weighted by Gasteiger charge is -2.22. The average Bonchev–Trinajstić information content (AvgIpc) is 3.32. The van der Waals surface area contributed by atoms with E-state index in [1.807, 2.05) is 30.3 Å². The van der Waals surface area contributed by atoms with E-state index >= 15 is 0 Å². The number of hydrogen-bond donors (Lipinski definition) is 0. The van der Waals surface area contributed by atoms with Crippen molar-refractivity contribution in [3.8, 4) is 33.4 Å². The SMILES string of the molecule is [2H]c1c([2H])c(-c2ccc3c(ccc4cc5ccccc5cc43)c2)c([2H])c([2H])c1-c1ccc2c(c1)C(C)(C)c1ccc3ccccc3c1-2. The third kappa shape index (κ3) is 3.63. The predicted octanol–water partition coefficient (Wildman–Crippen LogP) is 11.9. The molecule has 202 valence electrons. The van der Waals surface area contributed by atoms with Crippen LogP contribution in [0, 0.1) is 0 Å². The second kappa shape index (κ2) is 8.90. The Kier molecular flexibility index (Phi) is 4.27. The molecule has 0 bridgehead atoms. The molecule has 0 saturated carbocycles. The zero-order valence-electron chi connectivity index (χ0n) is 28.0. The van der Waals surface area contributed by atoms with Gasteiger partial charge in [0.05, 0.1) is 5.48 Å². The number of benzene rings is 8. The summed E-state index contributed by atoms with van der Waals surface area (Å²) in [7, 11) is 0. The zero-order valence-corrected chi connectivity index (χ0v) is 24.0. The molecule has 0 radical (unpaired) electrons. The predicted molar refractivity (Wildman–Crippen MR) is 185 cm³/mol. The Bertz CT molecular complexity index is 2620. The minimum Gasteiger partial charge on any atom is -0.0616 e. The summed E-state index contributed by atoms with van der Waals surface area (Å²) in [6.07, 6.45) is 0. The van der Waals surface area contributed by atoms with Gasteiger partial charge in [0.15, 0.2) is 0 Å². The Balaban J connectivity index is 1.18. The monoisotopic (exact) mass is 550 g/mol. The maximum absolute atomic E-state index is 9.15. The largest absolute Gasteiger partial charge is 0.0629 e. The number of rotatable bonds is 2. The molecule has 9 rings (SSSR count). The van der Waals surface area contributed by atoms with Crippen LogP contribution in [0.2, 0.25) is 0 Å². The van der Waals surface area contributed by atoms with Gasteiger partial charge in [0.1, 0.15) is 0 Å². The van der Waals surface area contributed by atoms with Crippen LogP contribution in [0.4, 0.5) is 0 Å². The summed E-state index contributed by atoms with van der Waals surface area (Å²) in [6.45, 7) is 4.44. The van der Waals surface area contributed by atoms with Crippen molar-refractivity contribution in [2.75, 3.05) is 0 Å². The van der Waals surface area contributed by atoms with Crippen molar-refractivity contribution in [2.24, 2.45) is 0 Å². The summed E-state index contributed by atoms with van der Waals surface area (Å²) in [5, 5.41) is 9.20. The lowest BCUT2D eigenvalue weighted by atomic mass is 9.81. The highest BCUT2D eigenvalue weighted by Crippen LogP contribution is 2.52. The Labute approximate surface area is 257 Å². The molecule has 0 unspecified atom stereocenters. The van der Waals surface area contributed by atoms with Gasteiger partial charge in [-0.3, -0.25) is 0 Å². The molecule has 8 aromatic rings. The molecule has 0 fully saturated rings. The Morgan fingerprint density at radius 3 is 1.79 bits per heavy atom. The molecule has 0 spiro atoms. The van der Waals surface area contributed by atoms with Gasteiger partial charge >= 0.3 is 0 Å². The Morgan fingerprint density at radius 1 is 0.419 bits per heavy atom. The summed E-state index contributed by atoms with van der Waals surface area (Å²) in [6, 6.07) is 41.8. The molecule has 0 heteroatoms. The van der Waals surface area contributed by atoms with Crippen LogP contribution >= 0.6 is 0 Å².